The van der Waals surface area contributed by atoms with E-state index in [1.54, 1.807) is 26.8 Å². The molecule has 0 saturated heterocycles. The highest BCUT2D eigenvalue weighted by Gasteiger charge is 2.54. The van der Waals surface area contributed by atoms with Gasteiger partial charge < -0.3 is 19.1 Å². The molecule has 2 heterocycles. The van der Waals surface area contributed by atoms with Gasteiger partial charge >= 0.3 is 0 Å². The monoisotopic (exact) mass is 360 g/mol. The third kappa shape index (κ3) is 2.53. The highest BCUT2D eigenvalue weighted by molar-refractivity contribution is 5.49. The molecule has 2 atom stereocenters. The van der Waals surface area contributed by atoms with Crippen LogP contribution < -0.4 is 15.0 Å². The molecule has 1 aromatic heterocycles. The van der Waals surface area contributed by atoms with Crippen LogP contribution in [0.25, 0.3) is 0 Å². The standard InChI is InChI=1S/C18H20N2O6/c1-17(2)18(3,22)15(19-9-5-6-14(25-4)16(19)21)12-10-11(20(23)24)7-8-13(12)26-17/h5-10,15,22H,1-4H3. The molecule has 1 aromatic carbocycles. The summed E-state index contributed by atoms with van der Waals surface area (Å²) < 4.78 is 12.3. The molecule has 2 unspecified atom stereocenters. The van der Waals surface area contributed by atoms with Crippen molar-refractivity contribution < 1.29 is 19.5 Å². The fourth-order valence-electron chi connectivity index (χ4n) is 3.24. The average Bonchev–Trinajstić information content (AvgIpc) is 2.56. The van der Waals surface area contributed by atoms with Crippen LogP contribution in [-0.4, -0.2) is 32.9 Å². The molecule has 2 aromatic rings. The molecular formula is C18H20N2O6. The van der Waals surface area contributed by atoms with Crippen LogP contribution in [0.3, 0.4) is 0 Å². The lowest BCUT2D eigenvalue weighted by Gasteiger charge is -2.49. The maximum Gasteiger partial charge on any atom is 0.293 e. The molecule has 1 N–H and O–H groups in total. The van der Waals surface area contributed by atoms with Crippen molar-refractivity contribution >= 4 is 5.69 Å². The Morgan fingerprint density at radius 1 is 1.31 bits per heavy atom. The lowest BCUT2D eigenvalue weighted by molar-refractivity contribution is -0.385. The third-order valence-electron chi connectivity index (χ3n) is 5.05. The SMILES string of the molecule is COc1cccn(C2c3cc([N+](=O)[O-])ccc3OC(C)(C)C2(C)O)c1=O. The predicted molar refractivity (Wildman–Crippen MR) is 93.8 cm³/mol. The quantitative estimate of drug-likeness (QED) is 0.665. The number of aromatic nitrogens is 1. The van der Waals surface area contributed by atoms with E-state index in [-0.39, 0.29) is 11.4 Å². The zero-order valence-corrected chi connectivity index (χ0v) is 14.9. The van der Waals surface area contributed by atoms with Gasteiger partial charge in [0.25, 0.3) is 11.2 Å². The number of rotatable bonds is 3. The van der Waals surface area contributed by atoms with E-state index in [0.29, 0.717) is 11.3 Å². The van der Waals surface area contributed by atoms with Gasteiger partial charge in [0.05, 0.1) is 18.1 Å². The van der Waals surface area contributed by atoms with Gasteiger partial charge in [0.2, 0.25) is 0 Å². The number of methoxy groups -OCH3 is 1. The Balaban J connectivity index is 2.33. The van der Waals surface area contributed by atoms with Crippen LogP contribution in [0.1, 0.15) is 32.4 Å². The molecule has 8 heteroatoms. The number of fused-ring (bicyclic) bond motifs is 1. The van der Waals surface area contributed by atoms with Crippen molar-refractivity contribution in [3.63, 3.8) is 0 Å². The zero-order chi connectivity index (χ0) is 19.3. The molecule has 0 amide bonds. The van der Waals surface area contributed by atoms with E-state index in [1.165, 1.54) is 42.1 Å². The Kier molecular flexibility index (Phi) is 4.03. The average molecular weight is 360 g/mol. The van der Waals surface area contributed by atoms with Crippen molar-refractivity contribution in [2.24, 2.45) is 0 Å². The van der Waals surface area contributed by atoms with E-state index in [9.17, 15) is 20.0 Å². The summed E-state index contributed by atoms with van der Waals surface area (Å²) in [6.45, 7) is 4.95. The maximum atomic E-state index is 12.8. The van der Waals surface area contributed by atoms with Crippen molar-refractivity contribution in [2.75, 3.05) is 7.11 Å². The number of ether oxygens (including phenoxy) is 2. The van der Waals surface area contributed by atoms with Crippen LogP contribution in [0.2, 0.25) is 0 Å². The largest absolute Gasteiger partial charge is 0.491 e. The van der Waals surface area contributed by atoms with Gasteiger partial charge in [-0.3, -0.25) is 14.9 Å². The minimum atomic E-state index is -1.54. The Morgan fingerprint density at radius 3 is 2.62 bits per heavy atom. The van der Waals surface area contributed by atoms with Gasteiger partial charge in [0.1, 0.15) is 17.0 Å². The number of nitrogens with zero attached hydrogens (tertiary/aromatic N) is 2. The fourth-order valence-corrected chi connectivity index (χ4v) is 3.24. The summed E-state index contributed by atoms with van der Waals surface area (Å²) in [6, 6.07) is 6.39. The van der Waals surface area contributed by atoms with Gasteiger partial charge in [-0.25, -0.2) is 0 Å². The summed E-state index contributed by atoms with van der Waals surface area (Å²) in [5.74, 6) is 0.492. The van der Waals surface area contributed by atoms with E-state index in [0.717, 1.165) is 0 Å². The molecule has 26 heavy (non-hydrogen) atoms. The summed E-state index contributed by atoms with van der Waals surface area (Å²) in [6.07, 6.45) is 1.52. The van der Waals surface area contributed by atoms with Gasteiger partial charge in [-0.15, -0.1) is 0 Å². The molecule has 1 aliphatic rings. The van der Waals surface area contributed by atoms with Crippen molar-refractivity contribution in [1.29, 1.82) is 0 Å². The van der Waals surface area contributed by atoms with Crippen LogP contribution in [0.5, 0.6) is 11.5 Å². The molecule has 0 aliphatic carbocycles. The highest BCUT2D eigenvalue weighted by Crippen LogP contribution is 2.48. The first-order valence-electron chi connectivity index (χ1n) is 8.05. The lowest BCUT2D eigenvalue weighted by Crippen LogP contribution is -2.60. The Bertz CT molecular complexity index is 932. The molecule has 0 saturated carbocycles. The van der Waals surface area contributed by atoms with Gasteiger partial charge in [-0.05, 0) is 39.0 Å². The minimum absolute atomic E-state index is 0.111. The molecule has 0 fully saturated rings. The highest BCUT2D eigenvalue weighted by atomic mass is 16.6. The first-order valence-corrected chi connectivity index (χ1v) is 8.05. The van der Waals surface area contributed by atoms with Crippen molar-refractivity contribution in [3.05, 3.63) is 62.6 Å². The van der Waals surface area contributed by atoms with E-state index in [2.05, 4.69) is 0 Å². The second-order valence-corrected chi connectivity index (χ2v) is 6.93. The number of non-ortho nitro benzene ring substituents is 1. The third-order valence-corrected chi connectivity index (χ3v) is 5.05. The van der Waals surface area contributed by atoms with Crippen molar-refractivity contribution in [2.45, 2.75) is 38.0 Å². The van der Waals surface area contributed by atoms with E-state index in [4.69, 9.17) is 9.47 Å². The normalized spacial score (nSPS) is 23.7. The Morgan fingerprint density at radius 2 is 2.00 bits per heavy atom. The molecule has 0 bridgehead atoms. The van der Waals surface area contributed by atoms with Crippen LogP contribution in [0.4, 0.5) is 5.69 Å². The molecule has 138 valence electrons. The second kappa shape index (κ2) is 5.84. The Labute approximate surface area is 149 Å². The fraction of sp³-hybridized carbons (Fsp3) is 0.389. The van der Waals surface area contributed by atoms with Gasteiger partial charge in [-0.2, -0.15) is 0 Å². The predicted octanol–water partition coefficient (Wildman–Crippen LogP) is 2.28. The van der Waals surface area contributed by atoms with E-state index >= 15 is 0 Å². The van der Waals surface area contributed by atoms with Crippen LogP contribution in [0, 0.1) is 10.1 Å². The van der Waals surface area contributed by atoms with E-state index < -0.39 is 27.7 Å². The summed E-state index contributed by atoms with van der Waals surface area (Å²) in [4.78, 5) is 23.5. The van der Waals surface area contributed by atoms with Crippen LogP contribution in [-0.2, 0) is 0 Å². The van der Waals surface area contributed by atoms with Crippen molar-refractivity contribution in [3.8, 4) is 11.5 Å². The molecule has 3 rings (SSSR count). The number of hydrogen-bond donors (Lipinski definition) is 1. The number of nitro groups is 1. The first-order chi connectivity index (χ1) is 12.1. The number of benzene rings is 1. The molecule has 1 aliphatic heterocycles. The molecule has 0 spiro atoms. The summed E-state index contributed by atoms with van der Waals surface area (Å²) in [7, 11) is 1.38. The summed E-state index contributed by atoms with van der Waals surface area (Å²) in [5, 5.41) is 22.5. The van der Waals surface area contributed by atoms with E-state index in [1.807, 2.05) is 0 Å². The van der Waals surface area contributed by atoms with Gasteiger partial charge in [-0.1, -0.05) is 0 Å². The minimum Gasteiger partial charge on any atom is -0.491 e. The number of hydrogen-bond acceptors (Lipinski definition) is 6. The first kappa shape index (κ1) is 17.9. The Hall–Kier alpha value is -2.87. The number of pyridine rings is 1. The number of aliphatic hydroxyl groups is 1. The molecular weight excluding hydrogens is 340 g/mol. The smallest absolute Gasteiger partial charge is 0.293 e. The molecule has 0 radical (unpaired) electrons. The van der Waals surface area contributed by atoms with Crippen LogP contribution in [0.15, 0.2) is 41.3 Å². The topological polar surface area (TPSA) is 104 Å². The van der Waals surface area contributed by atoms with Crippen LogP contribution >= 0.6 is 0 Å². The second-order valence-electron chi connectivity index (χ2n) is 6.93. The molecule has 8 nitrogen and oxygen atoms in total. The summed E-state index contributed by atoms with van der Waals surface area (Å²) >= 11 is 0. The lowest BCUT2D eigenvalue weighted by atomic mass is 9.75. The summed E-state index contributed by atoms with van der Waals surface area (Å²) in [5.41, 5.74) is -2.83. The van der Waals surface area contributed by atoms with Gasteiger partial charge in [0.15, 0.2) is 5.75 Å². The maximum absolute atomic E-state index is 12.8. The van der Waals surface area contributed by atoms with Crippen molar-refractivity contribution in [1.82, 2.24) is 4.57 Å². The zero-order valence-electron chi connectivity index (χ0n) is 14.9. The number of nitro benzene ring substituents is 1. The van der Waals surface area contributed by atoms with Gasteiger partial charge in [0, 0.05) is 23.9 Å².